The first-order valence-corrected chi connectivity index (χ1v) is 4.43. The summed E-state index contributed by atoms with van der Waals surface area (Å²) in [5, 5.41) is 0. The van der Waals surface area contributed by atoms with Gasteiger partial charge in [0.05, 0.1) is 25.1 Å². The first-order chi connectivity index (χ1) is 5.83. The molecule has 0 radical (unpaired) electrons. The molecule has 12 heavy (non-hydrogen) atoms. The molecule has 1 rings (SSSR count). The van der Waals surface area contributed by atoms with E-state index in [1.54, 1.807) is 0 Å². The fraction of sp³-hybridized carbons (Fsp3) is 0.875. The zero-order valence-corrected chi connectivity index (χ0v) is 7.33. The van der Waals surface area contributed by atoms with Gasteiger partial charge in [-0.3, -0.25) is 4.99 Å². The van der Waals surface area contributed by atoms with Crippen molar-refractivity contribution in [2.75, 3.05) is 19.8 Å². The van der Waals surface area contributed by atoms with Gasteiger partial charge in [-0.1, -0.05) is 0 Å². The minimum atomic E-state index is 0.232. The number of amidine groups is 1. The van der Waals surface area contributed by atoms with Crippen LogP contribution in [0.3, 0.4) is 0 Å². The smallest absolute Gasteiger partial charge is 0.0964 e. The van der Waals surface area contributed by atoms with Crippen molar-refractivity contribution in [3.8, 4) is 0 Å². The predicted octanol–water partition coefficient (Wildman–Crippen LogP) is -0.129. The summed E-state index contributed by atoms with van der Waals surface area (Å²) in [6.45, 7) is 2.11. The summed E-state index contributed by atoms with van der Waals surface area (Å²) < 4.78 is 5.34. The Labute approximate surface area is 73.0 Å². The molecule has 0 aliphatic carbocycles. The Morgan fingerprint density at radius 3 is 3.17 bits per heavy atom. The van der Waals surface area contributed by atoms with Crippen molar-refractivity contribution in [2.24, 2.45) is 16.5 Å². The highest BCUT2D eigenvalue weighted by Crippen LogP contribution is 2.06. The van der Waals surface area contributed by atoms with E-state index in [9.17, 15) is 0 Å². The van der Waals surface area contributed by atoms with Crippen molar-refractivity contribution >= 4 is 5.84 Å². The molecule has 1 heterocycles. The number of ether oxygens (including phenoxy) is 1. The molecule has 0 aromatic rings. The fourth-order valence-corrected chi connectivity index (χ4v) is 1.23. The normalized spacial score (nSPS) is 24.8. The molecule has 0 saturated heterocycles. The largest absolute Gasteiger partial charge is 0.387 e. The van der Waals surface area contributed by atoms with Gasteiger partial charge in [0.25, 0.3) is 0 Å². The maximum Gasteiger partial charge on any atom is 0.0964 e. The lowest BCUT2D eigenvalue weighted by Gasteiger charge is -2.08. The molecule has 0 spiro atoms. The third-order valence-corrected chi connectivity index (χ3v) is 1.90. The van der Waals surface area contributed by atoms with Gasteiger partial charge in [0, 0.05) is 6.42 Å². The van der Waals surface area contributed by atoms with Gasteiger partial charge in [0.1, 0.15) is 0 Å². The molecule has 1 unspecified atom stereocenters. The van der Waals surface area contributed by atoms with E-state index in [0.29, 0.717) is 19.8 Å². The van der Waals surface area contributed by atoms with Crippen molar-refractivity contribution in [3.05, 3.63) is 0 Å². The molecule has 1 aliphatic heterocycles. The summed E-state index contributed by atoms with van der Waals surface area (Å²) in [6.07, 6.45) is 2.74. The summed E-state index contributed by atoms with van der Waals surface area (Å²) in [4.78, 5) is 4.33. The van der Waals surface area contributed by atoms with Crippen LogP contribution >= 0.6 is 0 Å². The van der Waals surface area contributed by atoms with Crippen LogP contribution in [0.4, 0.5) is 0 Å². The summed E-state index contributed by atoms with van der Waals surface area (Å²) in [5.41, 5.74) is 11.0. The number of hydrogen-bond donors (Lipinski definition) is 2. The monoisotopic (exact) mass is 171 g/mol. The Balaban J connectivity index is 2.34. The van der Waals surface area contributed by atoms with E-state index in [-0.39, 0.29) is 6.04 Å². The lowest BCUT2D eigenvalue weighted by atomic mass is 10.2. The van der Waals surface area contributed by atoms with Crippen molar-refractivity contribution < 1.29 is 4.74 Å². The molecule has 0 fully saturated rings. The van der Waals surface area contributed by atoms with Crippen LogP contribution in [-0.2, 0) is 4.74 Å². The van der Waals surface area contributed by atoms with Crippen LogP contribution in [-0.4, -0.2) is 31.6 Å². The van der Waals surface area contributed by atoms with Gasteiger partial charge in [0.15, 0.2) is 0 Å². The predicted molar refractivity (Wildman–Crippen MR) is 49.1 cm³/mol. The third-order valence-electron chi connectivity index (χ3n) is 1.90. The minimum Gasteiger partial charge on any atom is -0.387 e. The third kappa shape index (κ3) is 3.19. The fourth-order valence-electron chi connectivity index (χ4n) is 1.23. The molecule has 0 aromatic carbocycles. The Bertz CT molecular complexity index is 158. The van der Waals surface area contributed by atoms with Crippen LogP contribution in [0.2, 0.25) is 0 Å². The average Bonchev–Trinajstić information content (AvgIpc) is 2.26. The van der Waals surface area contributed by atoms with Crippen LogP contribution in [0.5, 0.6) is 0 Å². The van der Waals surface area contributed by atoms with E-state index in [4.69, 9.17) is 16.2 Å². The van der Waals surface area contributed by atoms with Crippen molar-refractivity contribution in [3.63, 3.8) is 0 Å². The molecule has 4 nitrogen and oxygen atoms in total. The van der Waals surface area contributed by atoms with Crippen LogP contribution < -0.4 is 11.5 Å². The van der Waals surface area contributed by atoms with Crippen LogP contribution in [0, 0.1) is 0 Å². The Hall–Kier alpha value is -0.610. The van der Waals surface area contributed by atoms with E-state index in [0.717, 1.165) is 25.1 Å². The van der Waals surface area contributed by atoms with Crippen LogP contribution in [0.25, 0.3) is 0 Å². The van der Waals surface area contributed by atoms with Gasteiger partial charge in [-0.05, 0) is 19.4 Å². The molecule has 70 valence electrons. The van der Waals surface area contributed by atoms with E-state index in [2.05, 4.69) is 4.99 Å². The molecule has 0 saturated carbocycles. The molecule has 4 heteroatoms. The highest BCUT2D eigenvalue weighted by atomic mass is 16.5. The van der Waals surface area contributed by atoms with Crippen molar-refractivity contribution in [2.45, 2.75) is 25.3 Å². The number of rotatable bonds is 3. The molecule has 0 amide bonds. The first kappa shape index (κ1) is 9.48. The van der Waals surface area contributed by atoms with E-state index >= 15 is 0 Å². The zero-order chi connectivity index (χ0) is 8.81. The standard InChI is InChI=1S/C8H17N3O/c9-4-1-2-7-6-12-5-3-8(10)11-7/h7H,1-6,9H2,(H2,10,11). The second-order valence-corrected chi connectivity index (χ2v) is 3.03. The number of aliphatic imine (C=N–C) groups is 1. The summed E-state index contributed by atoms with van der Waals surface area (Å²) in [6, 6.07) is 0.232. The SMILES string of the molecule is NCCCC1COCCC(N)=N1. The average molecular weight is 171 g/mol. The lowest BCUT2D eigenvalue weighted by Crippen LogP contribution is -2.17. The van der Waals surface area contributed by atoms with E-state index in [1.165, 1.54) is 0 Å². The van der Waals surface area contributed by atoms with Gasteiger partial charge < -0.3 is 16.2 Å². The van der Waals surface area contributed by atoms with Gasteiger partial charge in [-0.25, -0.2) is 0 Å². The first-order valence-electron chi connectivity index (χ1n) is 4.43. The number of nitrogens with two attached hydrogens (primary N) is 2. The lowest BCUT2D eigenvalue weighted by molar-refractivity contribution is 0.131. The molecule has 0 aromatic heterocycles. The van der Waals surface area contributed by atoms with Gasteiger partial charge in [-0.2, -0.15) is 0 Å². The minimum absolute atomic E-state index is 0.232. The second kappa shape index (κ2) is 5.11. The Kier molecular flexibility index (Phi) is 4.04. The quantitative estimate of drug-likeness (QED) is 0.621. The topological polar surface area (TPSA) is 73.6 Å². The maximum absolute atomic E-state index is 5.64. The summed E-state index contributed by atoms with van der Waals surface area (Å²) in [7, 11) is 0. The number of nitrogens with zero attached hydrogens (tertiary/aromatic N) is 1. The van der Waals surface area contributed by atoms with Gasteiger partial charge in [0.2, 0.25) is 0 Å². The van der Waals surface area contributed by atoms with Crippen LogP contribution in [0.15, 0.2) is 4.99 Å². The molecule has 0 bridgehead atoms. The van der Waals surface area contributed by atoms with Crippen molar-refractivity contribution in [1.29, 1.82) is 0 Å². The maximum atomic E-state index is 5.64. The van der Waals surface area contributed by atoms with E-state index in [1.807, 2.05) is 0 Å². The Morgan fingerprint density at radius 1 is 1.58 bits per heavy atom. The molecular formula is C8H17N3O. The highest BCUT2D eigenvalue weighted by molar-refractivity contribution is 5.80. The molecule has 4 N–H and O–H groups in total. The number of hydrogen-bond acceptors (Lipinski definition) is 4. The molecule has 1 aliphatic rings. The second-order valence-electron chi connectivity index (χ2n) is 3.03. The zero-order valence-electron chi connectivity index (χ0n) is 7.33. The summed E-state index contributed by atoms with van der Waals surface area (Å²) >= 11 is 0. The van der Waals surface area contributed by atoms with Gasteiger partial charge in [-0.15, -0.1) is 0 Å². The van der Waals surface area contributed by atoms with Gasteiger partial charge >= 0.3 is 0 Å². The molecular weight excluding hydrogens is 154 g/mol. The van der Waals surface area contributed by atoms with Crippen molar-refractivity contribution in [1.82, 2.24) is 0 Å². The summed E-state index contributed by atoms with van der Waals surface area (Å²) in [5.74, 6) is 0.717. The Morgan fingerprint density at radius 2 is 2.42 bits per heavy atom. The highest BCUT2D eigenvalue weighted by Gasteiger charge is 2.10. The van der Waals surface area contributed by atoms with E-state index < -0.39 is 0 Å². The van der Waals surface area contributed by atoms with Crippen LogP contribution in [0.1, 0.15) is 19.3 Å². The molecule has 1 atom stereocenters.